The molecule has 0 aliphatic rings. The summed E-state index contributed by atoms with van der Waals surface area (Å²) in [4.78, 5) is 14.9. The van der Waals surface area contributed by atoms with Crippen LogP contribution in [0.2, 0.25) is 0 Å². The molecule has 47 heavy (non-hydrogen) atoms. The largest absolute Gasteiger partial charge is 0.251 e. The lowest BCUT2D eigenvalue weighted by molar-refractivity contribution is 1.34. The molecule has 4 heteroatoms. The quantitative estimate of drug-likeness (QED) is 0.0911. The number of para-hydroxylation sites is 2. The molecule has 226 valence electrons. The smallest absolute Gasteiger partial charge is 0.124 e. The van der Waals surface area contributed by atoms with Gasteiger partial charge in [-0.2, -0.15) is 0 Å². The van der Waals surface area contributed by atoms with Crippen LogP contribution in [0.5, 0.6) is 0 Å². The van der Waals surface area contributed by atoms with E-state index < -0.39 is 0 Å². The van der Waals surface area contributed by atoms with Gasteiger partial charge in [-0.05, 0) is 65.9 Å². The van der Waals surface area contributed by atoms with Crippen LogP contribution in [0.1, 0.15) is 30.2 Å². The van der Waals surface area contributed by atoms with Crippen LogP contribution >= 0.6 is 11.3 Å². The lowest BCUT2D eigenvalue weighted by atomic mass is 9.97. The Hall–Kier alpha value is -5.71. The maximum absolute atomic E-state index is 5.15. The molecule has 0 bridgehead atoms. The number of benzene rings is 5. The summed E-state index contributed by atoms with van der Waals surface area (Å²) in [6, 6.07) is 48.4. The third kappa shape index (κ3) is 6.79. The molecule has 3 nitrogen and oxygen atoms in total. The summed E-state index contributed by atoms with van der Waals surface area (Å²) in [7, 11) is 0. The van der Waals surface area contributed by atoms with Gasteiger partial charge < -0.3 is 0 Å². The number of hydrogen-bond donors (Lipinski definition) is 0. The van der Waals surface area contributed by atoms with Gasteiger partial charge in [-0.1, -0.05) is 127 Å². The van der Waals surface area contributed by atoms with E-state index in [1.54, 1.807) is 11.3 Å². The third-order valence-corrected chi connectivity index (χ3v) is 9.19. The number of aliphatic imine (C=N–C) groups is 1. The lowest BCUT2D eigenvalue weighted by Gasteiger charge is -2.10. The average molecular weight is 624 g/mol. The molecule has 5 aromatic carbocycles. The van der Waals surface area contributed by atoms with Gasteiger partial charge in [0.2, 0.25) is 0 Å². The Morgan fingerprint density at radius 3 is 2.06 bits per heavy atom. The number of pyridine rings is 1. The fourth-order valence-corrected chi connectivity index (χ4v) is 6.54. The van der Waals surface area contributed by atoms with E-state index >= 15 is 0 Å². The first kappa shape index (κ1) is 30.0. The van der Waals surface area contributed by atoms with Crippen LogP contribution in [0.3, 0.4) is 0 Å². The topological polar surface area (TPSA) is 38.1 Å². The van der Waals surface area contributed by atoms with E-state index in [2.05, 4.69) is 110 Å². The summed E-state index contributed by atoms with van der Waals surface area (Å²) in [5, 5.41) is 2.16. The molecule has 0 radical (unpaired) electrons. The first-order chi connectivity index (χ1) is 23.1. The molecule has 0 aliphatic carbocycles. The second-order valence-corrected chi connectivity index (χ2v) is 12.3. The number of thiazole rings is 1. The van der Waals surface area contributed by atoms with Crippen LogP contribution in [0.25, 0.3) is 54.1 Å². The van der Waals surface area contributed by atoms with Crippen molar-refractivity contribution in [2.24, 2.45) is 4.99 Å². The Kier molecular flexibility index (Phi) is 8.76. The van der Waals surface area contributed by atoms with Crippen LogP contribution in [0.15, 0.2) is 169 Å². The molecule has 2 heterocycles. The Morgan fingerprint density at radius 1 is 0.660 bits per heavy atom. The molecule has 0 atom stereocenters. The zero-order valence-electron chi connectivity index (χ0n) is 26.2. The van der Waals surface area contributed by atoms with Gasteiger partial charge in [0, 0.05) is 16.5 Å². The normalized spacial score (nSPS) is 12.5. The van der Waals surface area contributed by atoms with Gasteiger partial charge >= 0.3 is 0 Å². The molecular formula is C43H33N3S. The van der Waals surface area contributed by atoms with E-state index in [1.165, 1.54) is 10.3 Å². The van der Waals surface area contributed by atoms with E-state index in [1.807, 2.05) is 61.5 Å². The number of hydrogen-bond acceptors (Lipinski definition) is 4. The zero-order chi connectivity index (χ0) is 32.0. The van der Waals surface area contributed by atoms with Crippen molar-refractivity contribution in [3.63, 3.8) is 0 Å². The van der Waals surface area contributed by atoms with Crippen molar-refractivity contribution in [3.8, 4) is 21.7 Å². The minimum absolute atomic E-state index is 0.748. The Labute approximate surface area is 279 Å². The highest BCUT2D eigenvalue weighted by Gasteiger charge is 2.10. The summed E-state index contributed by atoms with van der Waals surface area (Å²) in [6.45, 7) is 5.99. The highest BCUT2D eigenvalue weighted by molar-refractivity contribution is 7.21. The van der Waals surface area contributed by atoms with Gasteiger partial charge in [-0.3, -0.25) is 4.99 Å². The highest BCUT2D eigenvalue weighted by atomic mass is 32.1. The minimum Gasteiger partial charge on any atom is -0.251 e. The standard InChI is InChI=1S/C43H33N3S/c1-3-4-12-37(29-41(34-13-6-5-7-14-34)44-30(2)38-28-27-35-15-8-9-16-39(35)45-38)33-21-19-31(20-22-33)32-23-25-36(26-24-32)43-46-40-17-10-11-18-42(40)47-43/h3,5-29H,1,4H2,2H3/b37-12-,41-29-,44-30?. The molecule has 0 amide bonds. The molecule has 0 saturated carbocycles. The molecule has 0 spiro atoms. The van der Waals surface area contributed by atoms with E-state index in [4.69, 9.17) is 15.0 Å². The Morgan fingerprint density at radius 2 is 1.32 bits per heavy atom. The number of nitrogens with zero attached hydrogens (tertiary/aromatic N) is 3. The number of fused-ring (bicyclic) bond motifs is 2. The Bertz CT molecular complexity index is 2240. The Balaban J connectivity index is 1.20. The molecular weight excluding hydrogens is 591 g/mol. The van der Waals surface area contributed by atoms with E-state index in [9.17, 15) is 0 Å². The molecule has 0 saturated heterocycles. The summed E-state index contributed by atoms with van der Waals surface area (Å²) < 4.78 is 1.21. The molecule has 0 N–H and O–H groups in total. The molecule has 0 fully saturated rings. The van der Waals surface area contributed by atoms with Crippen molar-refractivity contribution in [2.75, 3.05) is 0 Å². The monoisotopic (exact) mass is 623 g/mol. The van der Waals surface area contributed by atoms with Crippen molar-refractivity contribution in [1.82, 2.24) is 9.97 Å². The van der Waals surface area contributed by atoms with Gasteiger partial charge in [0.05, 0.1) is 32.8 Å². The first-order valence-corrected chi connectivity index (χ1v) is 16.5. The van der Waals surface area contributed by atoms with Crippen molar-refractivity contribution in [3.05, 3.63) is 181 Å². The number of allylic oxidation sites excluding steroid dienone is 4. The maximum Gasteiger partial charge on any atom is 0.124 e. The fraction of sp³-hybridized carbons (Fsp3) is 0.0465. The third-order valence-electron chi connectivity index (χ3n) is 8.10. The summed E-state index contributed by atoms with van der Waals surface area (Å²) in [6.07, 6.45) is 7.05. The van der Waals surface area contributed by atoms with E-state index in [-0.39, 0.29) is 0 Å². The van der Waals surface area contributed by atoms with Crippen molar-refractivity contribution in [1.29, 1.82) is 0 Å². The average Bonchev–Trinajstić information content (AvgIpc) is 3.58. The van der Waals surface area contributed by atoms with Crippen molar-refractivity contribution < 1.29 is 0 Å². The SMILES string of the molecule is C=CC/C=C(/C=C(\N=C(C)c1ccc2ccccc2n1)c1ccccc1)c1ccc(-c2ccc(-c3nc4ccccc4s3)cc2)cc1. The highest BCUT2D eigenvalue weighted by Crippen LogP contribution is 2.32. The van der Waals surface area contributed by atoms with Crippen LogP contribution in [0.4, 0.5) is 0 Å². The van der Waals surface area contributed by atoms with Crippen LogP contribution in [0, 0.1) is 0 Å². The second-order valence-electron chi connectivity index (χ2n) is 11.3. The molecule has 0 unspecified atom stereocenters. The summed E-state index contributed by atoms with van der Waals surface area (Å²) in [5.41, 5.74) is 11.3. The van der Waals surface area contributed by atoms with E-state index in [0.29, 0.717) is 0 Å². The molecule has 7 aromatic rings. The number of aromatic nitrogens is 2. The van der Waals surface area contributed by atoms with Crippen LogP contribution in [-0.4, -0.2) is 15.7 Å². The van der Waals surface area contributed by atoms with Crippen molar-refractivity contribution >= 4 is 49.4 Å². The summed E-state index contributed by atoms with van der Waals surface area (Å²) in [5.74, 6) is 0. The van der Waals surface area contributed by atoms with Crippen LogP contribution in [-0.2, 0) is 0 Å². The maximum atomic E-state index is 5.15. The second kappa shape index (κ2) is 13.7. The summed E-state index contributed by atoms with van der Waals surface area (Å²) >= 11 is 1.73. The fourth-order valence-electron chi connectivity index (χ4n) is 5.57. The lowest BCUT2D eigenvalue weighted by Crippen LogP contribution is -2.00. The van der Waals surface area contributed by atoms with Crippen LogP contribution < -0.4 is 0 Å². The number of rotatable bonds is 9. The first-order valence-electron chi connectivity index (χ1n) is 15.7. The van der Waals surface area contributed by atoms with Gasteiger partial charge in [-0.25, -0.2) is 9.97 Å². The van der Waals surface area contributed by atoms with Gasteiger partial charge in [-0.15, -0.1) is 17.9 Å². The van der Waals surface area contributed by atoms with E-state index in [0.717, 1.165) is 72.8 Å². The molecule has 0 aliphatic heterocycles. The molecule has 2 aromatic heterocycles. The minimum atomic E-state index is 0.748. The molecule has 7 rings (SSSR count). The zero-order valence-corrected chi connectivity index (χ0v) is 27.0. The van der Waals surface area contributed by atoms with Crippen molar-refractivity contribution in [2.45, 2.75) is 13.3 Å². The predicted molar refractivity (Wildman–Crippen MR) is 202 cm³/mol. The van der Waals surface area contributed by atoms with Gasteiger partial charge in [0.15, 0.2) is 0 Å². The predicted octanol–water partition coefficient (Wildman–Crippen LogP) is 11.7. The van der Waals surface area contributed by atoms with Gasteiger partial charge in [0.25, 0.3) is 0 Å². The van der Waals surface area contributed by atoms with Gasteiger partial charge in [0.1, 0.15) is 5.01 Å².